The van der Waals surface area contributed by atoms with E-state index in [-0.39, 0.29) is 11.5 Å². The lowest BCUT2D eigenvalue weighted by molar-refractivity contribution is -0.141. The average molecular weight is 514 g/mol. The third-order valence-corrected chi connectivity index (χ3v) is 6.99. The van der Waals surface area contributed by atoms with Gasteiger partial charge in [0.25, 0.3) is 0 Å². The lowest BCUT2D eigenvalue weighted by atomic mass is 9.96. The van der Waals surface area contributed by atoms with Crippen molar-refractivity contribution in [3.63, 3.8) is 0 Å². The van der Waals surface area contributed by atoms with Crippen molar-refractivity contribution in [3.8, 4) is 10.6 Å². The second-order valence-electron chi connectivity index (χ2n) is 8.34. The Labute approximate surface area is 206 Å². The summed E-state index contributed by atoms with van der Waals surface area (Å²) in [5.41, 5.74) is 0.680. The molecule has 1 aromatic carbocycles. The molecular formula is C24H18F3N5O3S. The highest BCUT2D eigenvalue weighted by molar-refractivity contribution is 7.15. The van der Waals surface area contributed by atoms with E-state index < -0.39 is 23.4 Å². The molecule has 0 fully saturated rings. The number of thiazole rings is 1. The number of halogens is 3. The summed E-state index contributed by atoms with van der Waals surface area (Å²) in [6, 6.07) is 8.73. The molecule has 184 valence electrons. The molecule has 0 bridgehead atoms. The SMILES string of the molecule is Cc1cc(Nc2nccc(C(F)(F)F)n2)cc(-c2cnc(C3(O)CCc4cc(C(=O)O)ccc43)s2)n1. The molecule has 36 heavy (non-hydrogen) atoms. The Morgan fingerprint density at radius 1 is 1.14 bits per heavy atom. The van der Waals surface area contributed by atoms with Crippen LogP contribution in [0.1, 0.15) is 44.3 Å². The first-order chi connectivity index (χ1) is 17.0. The number of aliphatic hydroxyl groups is 1. The zero-order chi connectivity index (χ0) is 25.7. The van der Waals surface area contributed by atoms with E-state index in [4.69, 9.17) is 0 Å². The van der Waals surface area contributed by atoms with Crippen molar-refractivity contribution < 1.29 is 28.2 Å². The number of carbonyl (C=O) groups is 1. The number of anilines is 2. The summed E-state index contributed by atoms with van der Waals surface area (Å²) in [7, 11) is 0. The fourth-order valence-electron chi connectivity index (χ4n) is 4.17. The van der Waals surface area contributed by atoms with Gasteiger partial charge < -0.3 is 15.5 Å². The van der Waals surface area contributed by atoms with Crippen LogP contribution in [0.3, 0.4) is 0 Å². The summed E-state index contributed by atoms with van der Waals surface area (Å²) >= 11 is 1.24. The van der Waals surface area contributed by atoms with Gasteiger partial charge in [0.2, 0.25) is 5.95 Å². The Kier molecular flexibility index (Phi) is 5.72. The summed E-state index contributed by atoms with van der Waals surface area (Å²) in [6.45, 7) is 1.74. The molecule has 0 amide bonds. The van der Waals surface area contributed by atoms with E-state index in [1.165, 1.54) is 17.4 Å². The van der Waals surface area contributed by atoms with Gasteiger partial charge in [-0.05, 0) is 61.2 Å². The van der Waals surface area contributed by atoms with Crippen LogP contribution >= 0.6 is 11.3 Å². The Morgan fingerprint density at radius 2 is 1.94 bits per heavy atom. The van der Waals surface area contributed by atoms with Crippen LogP contribution in [0.4, 0.5) is 24.8 Å². The summed E-state index contributed by atoms with van der Waals surface area (Å²) < 4.78 is 39.0. The quantitative estimate of drug-likeness (QED) is 0.343. The molecule has 1 aliphatic carbocycles. The second-order valence-corrected chi connectivity index (χ2v) is 9.37. The standard InChI is InChI=1S/C24H18F3N5O3S/c1-12-8-15(31-22-28-7-5-19(32-22)24(25,26)27)10-17(30-12)18-11-29-21(36-18)23(35)6-4-13-9-14(20(33)34)2-3-16(13)23/h2-3,5,7-11,35H,4,6H2,1H3,(H,33,34)(H,28,30,31,32). The maximum absolute atomic E-state index is 13.0. The van der Waals surface area contributed by atoms with E-state index in [1.807, 2.05) is 0 Å². The largest absolute Gasteiger partial charge is 0.478 e. The van der Waals surface area contributed by atoms with E-state index in [0.29, 0.717) is 45.4 Å². The summed E-state index contributed by atoms with van der Waals surface area (Å²) in [5, 5.41) is 23.9. The van der Waals surface area contributed by atoms with Gasteiger partial charge in [0, 0.05) is 23.8 Å². The summed E-state index contributed by atoms with van der Waals surface area (Å²) in [4.78, 5) is 28.2. The van der Waals surface area contributed by atoms with E-state index in [2.05, 4.69) is 25.3 Å². The zero-order valence-electron chi connectivity index (χ0n) is 18.7. The van der Waals surface area contributed by atoms with Gasteiger partial charge in [-0.25, -0.2) is 19.7 Å². The van der Waals surface area contributed by atoms with Crippen LogP contribution in [0.2, 0.25) is 0 Å². The van der Waals surface area contributed by atoms with E-state index in [0.717, 1.165) is 17.8 Å². The molecule has 3 N–H and O–H groups in total. The number of benzene rings is 1. The number of hydrogen-bond donors (Lipinski definition) is 3. The maximum Gasteiger partial charge on any atom is 0.433 e. The molecule has 0 aliphatic heterocycles. The van der Waals surface area contributed by atoms with Crippen LogP contribution in [0.15, 0.2) is 48.8 Å². The topological polar surface area (TPSA) is 121 Å². The number of nitrogens with one attached hydrogen (secondary N) is 1. The number of aromatic carboxylic acids is 1. The highest BCUT2D eigenvalue weighted by atomic mass is 32.1. The zero-order valence-corrected chi connectivity index (χ0v) is 19.5. The molecule has 8 nitrogen and oxygen atoms in total. The number of carboxylic acids is 1. The molecule has 1 atom stereocenters. The summed E-state index contributed by atoms with van der Waals surface area (Å²) in [6.07, 6.45) is -1.11. The molecule has 1 aliphatic rings. The van der Waals surface area contributed by atoms with Crippen molar-refractivity contribution in [1.82, 2.24) is 19.9 Å². The van der Waals surface area contributed by atoms with Crippen LogP contribution in [-0.2, 0) is 18.2 Å². The third-order valence-electron chi connectivity index (χ3n) is 5.82. The number of alkyl halides is 3. The highest BCUT2D eigenvalue weighted by Gasteiger charge is 2.41. The van der Waals surface area contributed by atoms with Gasteiger partial charge in [-0.15, -0.1) is 11.3 Å². The van der Waals surface area contributed by atoms with Gasteiger partial charge in [0.15, 0.2) is 0 Å². The molecule has 0 saturated carbocycles. The Morgan fingerprint density at radius 3 is 2.69 bits per heavy atom. The molecule has 3 aromatic heterocycles. The van der Waals surface area contributed by atoms with E-state index in [9.17, 15) is 28.2 Å². The predicted molar refractivity (Wildman–Crippen MR) is 125 cm³/mol. The van der Waals surface area contributed by atoms with E-state index >= 15 is 0 Å². The number of nitrogens with zero attached hydrogens (tertiary/aromatic N) is 4. The van der Waals surface area contributed by atoms with Crippen molar-refractivity contribution in [2.75, 3.05) is 5.32 Å². The Bertz CT molecular complexity index is 1490. The van der Waals surface area contributed by atoms with Crippen LogP contribution in [0.25, 0.3) is 10.6 Å². The van der Waals surface area contributed by atoms with Crippen LogP contribution < -0.4 is 5.32 Å². The molecule has 12 heteroatoms. The molecule has 1 unspecified atom stereocenters. The predicted octanol–water partition coefficient (Wildman–Crippen LogP) is 4.95. The Balaban J connectivity index is 1.44. The first kappa shape index (κ1) is 23.8. The Hall–Kier alpha value is -3.90. The number of aromatic nitrogens is 4. The minimum Gasteiger partial charge on any atom is -0.478 e. The van der Waals surface area contributed by atoms with Crippen molar-refractivity contribution in [3.05, 3.63) is 81.9 Å². The summed E-state index contributed by atoms with van der Waals surface area (Å²) in [5.74, 6) is -1.24. The number of aryl methyl sites for hydroxylation is 2. The minimum atomic E-state index is -4.59. The van der Waals surface area contributed by atoms with Gasteiger partial charge >= 0.3 is 12.1 Å². The fourth-order valence-corrected chi connectivity index (χ4v) is 5.18. The average Bonchev–Trinajstić information content (AvgIpc) is 3.44. The minimum absolute atomic E-state index is 0.159. The monoisotopic (exact) mass is 513 g/mol. The smallest absolute Gasteiger partial charge is 0.433 e. The number of rotatable bonds is 5. The first-order valence-electron chi connectivity index (χ1n) is 10.7. The van der Waals surface area contributed by atoms with Crippen molar-refractivity contribution in [1.29, 1.82) is 0 Å². The number of pyridine rings is 1. The third kappa shape index (κ3) is 4.40. The number of carboxylic acid groups (broad SMARTS) is 1. The second kappa shape index (κ2) is 8.64. The van der Waals surface area contributed by atoms with Crippen LogP contribution in [-0.4, -0.2) is 36.1 Å². The van der Waals surface area contributed by atoms with Crippen LogP contribution in [0.5, 0.6) is 0 Å². The number of fused-ring (bicyclic) bond motifs is 1. The maximum atomic E-state index is 13.0. The molecular weight excluding hydrogens is 495 g/mol. The van der Waals surface area contributed by atoms with Gasteiger partial charge in [-0.3, -0.25) is 4.98 Å². The van der Waals surface area contributed by atoms with Crippen LogP contribution in [0, 0.1) is 6.92 Å². The van der Waals surface area contributed by atoms with Crippen molar-refractivity contribution in [2.24, 2.45) is 0 Å². The molecule has 5 rings (SSSR count). The molecule has 0 saturated heterocycles. The molecule has 0 radical (unpaired) electrons. The molecule has 0 spiro atoms. The van der Waals surface area contributed by atoms with Crippen molar-refractivity contribution in [2.45, 2.75) is 31.5 Å². The highest BCUT2D eigenvalue weighted by Crippen LogP contribution is 2.45. The van der Waals surface area contributed by atoms with Crippen molar-refractivity contribution >= 4 is 28.9 Å². The van der Waals surface area contributed by atoms with Gasteiger partial charge in [-0.2, -0.15) is 13.2 Å². The normalized spacial score (nSPS) is 17.1. The number of hydrogen-bond acceptors (Lipinski definition) is 8. The lowest BCUT2D eigenvalue weighted by Gasteiger charge is -2.21. The lowest BCUT2D eigenvalue weighted by Crippen LogP contribution is -2.23. The van der Waals surface area contributed by atoms with E-state index in [1.54, 1.807) is 37.4 Å². The fraction of sp³-hybridized carbons (Fsp3) is 0.208. The van der Waals surface area contributed by atoms with Gasteiger partial charge in [0.1, 0.15) is 16.3 Å². The molecule has 3 heterocycles. The van der Waals surface area contributed by atoms with Gasteiger partial charge in [0.05, 0.1) is 16.1 Å². The molecule has 4 aromatic rings. The first-order valence-corrected chi connectivity index (χ1v) is 11.6. The van der Waals surface area contributed by atoms with Gasteiger partial charge in [-0.1, -0.05) is 6.07 Å².